The number of benzene rings is 1. The molecule has 0 bridgehead atoms. The van der Waals surface area contributed by atoms with Gasteiger partial charge in [-0.2, -0.15) is 0 Å². The van der Waals surface area contributed by atoms with Gasteiger partial charge in [0.15, 0.2) is 0 Å². The Balaban J connectivity index is 2.08. The maximum absolute atomic E-state index is 13.8. The van der Waals surface area contributed by atoms with Crippen LogP contribution in [0.1, 0.15) is 26.3 Å². The van der Waals surface area contributed by atoms with Crippen molar-refractivity contribution in [3.05, 3.63) is 50.0 Å². The first-order valence-electron chi connectivity index (χ1n) is 7.19. The maximum Gasteiger partial charge on any atom is 0.407 e. The number of nitrogen functional groups attached to an aromatic ring is 1. The summed E-state index contributed by atoms with van der Waals surface area (Å²) in [6.07, 6.45) is -0.674. The summed E-state index contributed by atoms with van der Waals surface area (Å²) in [6.45, 7) is 5.05. The molecule has 0 saturated heterocycles. The van der Waals surface area contributed by atoms with Crippen LogP contribution in [0.5, 0.6) is 0 Å². The molecule has 2 aromatic rings. The normalized spacial score (nSPS) is 11.3. The van der Waals surface area contributed by atoms with E-state index in [0.717, 1.165) is 0 Å². The van der Waals surface area contributed by atoms with E-state index in [9.17, 15) is 18.8 Å². The van der Waals surface area contributed by atoms with E-state index in [0.29, 0.717) is 5.69 Å². The number of hydrogen-bond acceptors (Lipinski definition) is 6. The number of anilines is 3. The minimum atomic E-state index is -0.744. The number of nitrogens with one attached hydrogen (secondary N) is 2. The fourth-order valence-electron chi connectivity index (χ4n) is 1.95. The van der Waals surface area contributed by atoms with E-state index in [4.69, 9.17) is 10.5 Å². The number of amides is 1. The lowest BCUT2D eigenvalue weighted by Gasteiger charge is -2.20. The highest BCUT2D eigenvalue weighted by atomic mass is 19.1. The molecular weight excluding hydrogens is 317 g/mol. The summed E-state index contributed by atoms with van der Waals surface area (Å²) in [5.41, 5.74) is 3.69. The van der Waals surface area contributed by atoms with Crippen LogP contribution < -0.4 is 27.2 Å². The zero-order valence-electron chi connectivity index (χ0n) is 13.5. The van der Waals surface area contributed by atoms with Crippen molar-refractivity contribution < 1.29 is 13.9 Å². The summed E-state index contributed by atoms with van der Waals surface area (Å²) in [5, 5.41) is 5.12. The number of carbonyl (C=O) groups is 1. The van der Waals surface area contributed by atoms with Gasteiger partial charge in [0.1, 0.15) is 22.8 Å². The summed E-state index contributed by atoms with van der Waals surface area (Å²) >= 11 is 0. The van der Waals surface area contributed by atoms with E-state index < -0.39 is 28.4 Å². The van der Waals surface area contributed by atoms with Crippen LogP contribution in [0.4, 0.5) is 26.2 Å². The molecule has 0 spiro atoms. The Labute approximate surface area is 137 Å². The number of ether oxygens (including phenoxy) is 1. The molecule has 0 saturated carbocycles. The van der Waals surface area contributed by atoms with Gasteiger partial charge in [0.2, 0.25) is 0 Å². The second-order valence-corrected chi connectivity index (χ2v) is 6.23. The molecule has 0 unspecified atom stereocenters. The van der Waals surface area contributed by atoms with Gasteiger partial charge in [0.25, 0.3) is 10.9 Å². The molecule has 7 nitrogen and oxygen atoms in total. The smallest absolute Gasteiger partial charge is 0.407 e. The van der Waals surface area contributed by atoms with Gasteiger partial charge in [-0.05, 0) is 39.0 Å². The van der Waals surface area contributed by atoms with E-state index in [-0.39, 0.29) is 23.5 Å². The molecule has 128 valence electrons. The van der Waals surface area contributed by atoms with E-state index in [1.165, 1.54) is 18.2 Å². The molecule has 0 radical (unpaired) electrons. The molecule has 0 aliphatic heterocycles. The molecule has 0 atom stereocenters. The third-order valence-electron chi connectivity index (χ3n) is 3.08. The molecule has 8 heteroatoms. The first kappa shape index (κ1) is 17.5. The number of nitrogens with two attached hydrogens (primary N) is 1. The molecule has 2 aromatic carbocycles. The molecule has 0 aromatic heterocycles. The van der Waals surface area contributed by atoms with Gasteiger partial charge in [0.05, 0.1) is 0 Å². The SMILES string of the molecule is CC(C)(C)OC(=O)NCc1cc(Nc2c(N)c(=O)c2=O)ccc1F. The third-order valence-corrected chi connectivity index (χ3v) is 3.08. The Morgan fingerprint density at radius 2 is 1.92 bits per heavy atom. The van der Waals surface area contributed by atoms with Crippen LogP contribution in [0.25, 0.3) is 0 Å². The lowest BCUT2D eigenvalue weighted by molar-refractivity contribution is 0.0523. The van der Waals surface area contributed by atoms with Gasteiger partial charge < -0.3 is 21.1 Å². The van der Waals surface area contributed by atoms with E-state index in [2.05, 4.69) is 10.6 Å². The van der Waals surface area contributed by atoms with Crippen molar-refractivity contribution in [2.45, 2.75) is 32.9 Å². The predicted octanol–water partition coefficient (Wildman–Crippen LogP) is 1.77. The molecule has 4 N–H and O–H groups in total. The monoisotopic (exact) mass is 335 g/mol. The highest BCUT2D eigenvalue weighted by Crippen LogP contribution is 2.21. The van der Waals surface area contributed by atoms with E-state index in [1.807, 2.05) is 0 Å². The van der Waals surface area contributed by atoms with Gasteiger partial charge in [-0.15, -0.1) is 0 Å². The fourth-order valence-corrected chi connectivity index (χ4v) is 1.95. The summed E-state index contributed by atoms with van der Waals surface area (Å²) in [6, 6.07) is 3.97. The van der Waals surface area contributed by atoms with Crippen molar-refractivity contribution in [3.63, 3.8) is 0 Å². The van der Waals surface area contributed by atoms with Crippen molar-refractivity contribution in [2.75, 3.05) is 11.1 Å². The van der Waals surface area contributed by atoms with Gasteiger partial charge in [-0.1, -0.05) is 0 Å². The Hall–Kier alpha value is -2.90. The Kier molecular flexibility index (Phi) is 4.59. The second kappa shape index (κ2) is 6.31. The maximum atomic E-state index is 13.8. The first-order valence-corrected chi connectivity index (χ1v) is 7.19. The van der Waals surface area contributed by atoms with Crippen LogP contribution >= 0.6 is 0 Å². The molecule has 1 amide bonds. The Morgan fingerprint density at radius 1 is 1.25 bits per heavy atom. The predicted molar refractivity (Wildman–Crippen MR) is 88.5 cm³/mol. The second-order valence-electron chi connectivity index (χ2n) is 6.23. The van der Waals surface area contributed by atoms with Crippen LogP contribution in [0, 0.1) is 5.82 Å². The summed E-state index contributed by atoms with van der Waals surface area (Å²) in [5.74, 6) is -0.533. The molecule has 2 rings (SSSR count). The summed E-state index contributed by atoms with van der Waals surface area (Å²) in [4.78, 5) is 34.1. The van der Waals surface area contributed by atoms with Crippen LogP contribution in [-0.4, -0.2) is 11.7 Å². The van der Waals surface area contributed by atoms with Crippen LogP contribution in [-0.2, 0) is 11.3 Å². The number of rotatable bonds is 4. The van der Waals surface area contributed by atoms with Gasteiger partial charge in [-0.25, -0.2) is 9.18 Å². The molecular formula is C16H18FN3O4. The zero-order valence-corrected chi connectivity index (χ0v) is 13.5. The minimum Gasteiger partial charge on any atom is -0.444 e. The molecule has 0 fully saturated rings. The summed E-state index contributed by atoms with van der Waals surface area (Å²) < 4.78 is 18.9. The Morgan fingerprint density at radius 3 is 2.50 bits per heavy atom. The first-order chi connectivity index (χ1) is 11.1. The number of alkyl carbamates (subject to hydrolysis) is 1. The van der Waals surface area contributed by atoms with Crippen molar-refractivity contribution >= 4 is 23.2 Å². The number of carbonyl (C=O) groups excluding carboxylic acids is 1. The molecule has 24 heavy (non-hydrogen) atoms. The standard InChI is InChI=1S/C16H18FN3O4/c1-16(2,3)24-15(23)19-7-8-6-9(4-5-10(8)17)20-12-11(18)13(21)14(12)22/h4-6,20H,7,18H2,1-3H3,(H,19,23). The summed E-state index contributed by atoms with van der Waals surface area (Å²) in [7, 11) is 0. The van der Waals surface area contributed by atoms with Crippen molar-refractivity contribution in [3.8, 4) is 0 Å². The molecule has 0 heterocycles. The average Bonchev–Trinajstić information content (AvgIpc) is 2.50. The lowest BCUT2D eigenvalue weighted by Crippen LogP contribution is -2.36. The fraction of sp³-hybridized carbons (Fsp3) is 0.312. The minimum absolute atomic E-state index is 0.0161. The molecule has 0 aliphatic rings. The van der Waals surface area contributed by atoms with Crippen LogP contribution in [0.15, 0.2) is 27.8 Å². The van der Waals surface area contributed by atoms with E-state index in [1.54, 1.807) is 20.8 Å². The lowest BCUT2D eigenvalue weighted by atomic mass is 10.1. The third kappa shape index (κ3) is 3.89. The molecule has 0 aliphatic carbocycles. The van der Waals surface area contributed by atoms with Gasteiger partial charge in [0, 0.05) is 17.8 Å². The van der Waals surface area contributed by atoms with E-state index >= 15 is 0 Å². The highest BCUT2D eigenvalue weighted by Gasteiger charge is 2.19. The van der Waals surface area contributed by atoms with Crippen molar-refractivity contribution in [1.82, 2.24) is 5.32 Å². The Bertz CT molecular complexity index is 848. The highest BCUT2D eigenvalue weighted by molar-refractivity contribution is 5.76. The van der Waals surface area contributed by atoms with Gasteiger partial charge in [-0.3, -0.25) is 9.59 Å². The van der Waals surface area contributed by atoms with Crippen molar-refractivity contribution in [1.29, 1.82) is 0 Å². The average molecular weight is 335 g/mol. The van der Waals surface area contributed by atoms with Crippen molar-refractivity contribution in [2.24, 2.45) is 0 Å². The van der Waals surface area contributed by atoms with Gasteiger partial charge >= 0.3 is 6.09 Å². The van der Waals surface area contributed by atoms with Crippen LogP contribution in [0.3, 0.4) is 0 Å². The number of halogens is 1. The largest absolute Gasteiger partial charge is 0.444 e. The zero-order chi connectivity index (χ0) is 18.1. The topological polar surface area (TPSA) is 111 Å². The quantitative estimate of drug-likeness (QED) is 0.735. The number of hydrogen-bond donors (Lipinski definition) is 3. The van der Waals surface area contributed by atoms with Crippen LogP contribution in [0.2, 0.25) is 0 Å².